The minimum Gasteiger partial charge on any atom is -0.271 e. The van der Waals surface area contributed by atoms with Gasteiger partial charge in [0.1, 0.15) is 0 Å². The zero-order valence-corrected chi connectivity index (χ0v) is 7.97. The highest BCUT2D eigenvalue weighted by Gasteiger charge is 2.32. The number of rotatable bonds is 4. The monoisotopic (exact) mass is 193 g/mol. The normalized spacial score (nSPS) is 20.8. The molecule has 0 saturated carbocycles. The molecule has 0 aromatic heterocycles. The third-order valence-corrected chi connectivity index (χ3v) is 3.33. The Bertz CT molecular complexity index is 233. The number of nitrogens with two attached hydrogens (primary N) is 1. The zero-order chi connectivity index (χ0) is 9.19. The van der Waals surface area contributed by atoms with E-state index in [0.717, 1.165) is 13.0 Å². The molecule has 1 fully saturated rings. The summed E-state index contributed by atoms with van der Waals surface area (Å²) in [7, 11) is -2.94. The van der Waals surface area contributed by atoms with E-state index in [9.17, 15) is 8.42 Å². The molecule has 1 aliphatic rings. The first kappa shape index (κ1) is 9.91. The Balaban J connectivity index is 2.20. The summed E-state index contributed by atoms with van der Waals surface area (Å²) >= 11 is 0. The first-order chi connectivity index (χ1) is 5.54. The lowest BCUT2D eigenvalue weighted by molar-refractivity contribution is 0.190. The van der Waals surface area contributed by atoms with Crippen LogP contribution in [0.5, 0.6) is 0 Å². The van der Waals surface area contributed by atoms with Crippen molar-refractivity contribution in [1.29, 1.82) is 0 Å². The molecule has 0 aromatic rings. The van der Waals surface area contributed by atoms with Gasteiger partial charge in [-0.3, -0.25) is 11.3 Å². The molecule has 0 aliphatic carbocycles. The number of nitrogens with one attached hydrogen (secondary N) is 1. The van der Waals surface area contributed by atoms with E-state index >= 15 is 0 Å². The van der Waals surface area contributed by atoms with Crippen molar-refractivity contribution in [3.63, 3.8) is 0 Å². The van der Waals surface area contributed by atoms with Crippen molar-refractivity contribution in [1.82, 2.24) is 9.73 Å². The van der Waals surface area contributed by atoms with Crippen LogP contribution in [0.25, 0.3) is 0 Å². The molecule has 0 atom stereocenters. The number of hydrogen-bond acceptors (Lipinski definition) is 4. The second-order valence-electron chi connectivity index (χ2n) is 3.19. The highest BCUT2D eigenvalue weighted by atomic mass is 32.2. The Morgan fingerprint density at radius 3 is 2.58 bits per heavy atom. The third kappa shape index (κ3) is 2.41. The highest BCUT2D eigenvalue weighted by molar-refractivity contribution is 7.88. The van der Waals surface area contributed by atoms with Gasteiger partial charge in [-0.05, 0) is 12.3 Å². The summed E-state index contributed by atoms with van der Waals surface area (Å²) in [5.74, 6) is 5.58. The van der Waals surface area contributed by atoms with E-state index < -0.39 is 10.0 Å². The Morgan fingerprint density at radius 2 is 2.17 bits per heavy atom. The van der Waals surface area contributed by atoms with Crippen LogP contribution in [0.2, 0.25) is 0 Å². The summed E-state index contributed by atoms with van der Waals surface area (Å²) in [5, 5.41) is 0. The number of hydrazine groups is 1. The van der Waals surface area contributed by atoms with E-state index in [1.807, 2.05) is 0 Å². The Hall–Kier alpha value is -0.170. The van der Waals surface area contributed by atoms with Gasteiger partial charge < -0.3 is 0 Å². The highest BCUT2D eigenvalue weighted by Crippen LogP contribution is 2.20. The van der Waals surface area contributed by atoms with Gasteiger partial charge in [0.05, 0.1) is 6.26 Å². The van der Waals surface area contributed by atoms with Crippen LogP contribution in [-0.4, -0.2) is 38.6 Å². The van der Waals surface area contributed by atoms with Crippen molar-refractivity contribution in [2.45, 2.75) is 6.42 Å². The SMILES string of the molecule is CS(=O)(=O)N1CC(CCNN)C1. The van der Waals surface area contributed by atoms with E-state index in [1.54, 1.807) is 0 Å². The Labute approximate surface area is 72.9 Å². The van der Waals surface area contributed by atoms with E-state index in [-0.39, 0.29) is 0 Å². The summed E-state index contributed by atoms with van der Waals surface area (Å²) in [4.78, 5) is 0. The fourth-order valence-corrected chi connectivity index (χ4v) is 2.23. The lowest BCUT2D eigenvalue weighted by atomic mass is 10.00. The number of nitrogens with zero attached hydrogens (tertiary/aromatic N) is 1. The molecule has 1 saturated heterocycles. The average Bonchev–Trinajstić information content (AvgIpc) is 1.81. The van der Waals surface area contributed by atoms with Crippen molar-refractivity contribution in [2.24, 2.45) is 11.8 Å². The van der Waals surface area contributed by atoms with Gasteiger partial charge in [-0.2, -0.15) is 0 Å². The summed E-state index contributed by atoms with van der Waals surface area (Å²) < 4.78 is 23.3. The minimum absolute atomic E-state index is 0.482. The van der Waals surface area contributed by atoms with Crippen LogP contribution in [0.4, 0.5) is 0 Å². The van der Waals surface area contributed by atoms with Crippen LogP contribution in [0, 0.1) is 5.92 Å². The number of sulfonamides is 1. The predicted molar refractivity (Wildman–Crippen MR) is 46.7 cm³/mol. The van der Waals surface area contributed by atoms with E-state index in [4.69, 9.17) is 5.84 Å². The van der Waals surface area contributed by atoms with Crippen LogP contribution in [-0.2, 0) is 10.0 Å². The maximum Gasteiger partial charge on any atom is 0.211 e. The summed E-state index contributed by atoms with van der Waals surface area (Å²) in [6, 6.07) is 0. The lowest BCUT2D eigenvalue weighted by Gasteiger charge is -2.37. The van der Waals surface area contributed by atoms with Gasteiger partial charge in [0, 0.05) is 19.6 Å². The molecule has 3 N–H and O–H groups in total. The topological polar surface area (TPSA) is 75.4 Å². The molecule has 0 amide bonds. The first-order valence-corrected chi connectivity index (χ1v) is 5.77. The fraction of sp³-hybridized carbons (Fsp3) is 1.00. The van der Waals surface area contributed by atoms with Crippen molar-refractivity contribution < 1.29 is 8.42 Å². The molecule has 1 rings (SSSR count). The maximum atomic E-state index is 10.9. The van der Waals surface area contributed by atoms with E-state index in [0.29, 0.717) is 19.0 Å². The van der Waals surface area contributed by atoms with Gasteiger partial charge >= 0.3 is 0 Å². The van der Waals surface area contributed by atoms with Gasteiger partial charge in [-0.1, -0.05) is 0 Å². The quantitative estimate of drug-likeness (QED) is 0.431. The smallest absolute Gasteiger partial charge is 0.211 e. The second kappa shape index (κ2) is 3.69. The second-order valence-corrected chi connectivity index (χ2v) is 5.17. The fourth-order valence-electron chi connectivity index (χ4n) is 1.26. The third-order valence-electron chi connectivity index (χ3n) is 2.09. The Morgan fingerprint density at radius 1 is 1.58 bits per heavy atom. The van der Waals surface area contributed by atoms with Crippen molar-refractivity contribution in [2.75, 3.05) is 25.9 Å². The predicted octanol–water partition coefficient (Wildman–Crippen LogP) is -1.27. The summed E-state index contributed by atoms with van der Waals surface area (Å²) in [6.45, 7) is 2.06. The van der Waals surface area contributed by atoms with Gasteiger partial charge in [0.2, 0.25) is 10.0 Å². The zero-order valence-electron chi connectivity index (χ0n) is 7.16. The van der Waals surface area contributed by atoms with Gasteiger partial charge in [0.15, 0.2) is 0 Å². The van der Waals surface area contributed by atoms with Crippen molar-refractivity contribution in [3.8, 4) is 0 Å². The average molecular weight is 193 g/mol. The summed E-state index contributed by atoms with van der Waals surface area (Å²) in [5.41, 5.74) is 2.55. The van der Waals surface area contributed by atoms with Crippen LogP contribution in [0.1, 0.15) is 6.42 Å². The molecule has 0 spiro atoms. The minimum atomic E-state index is -2.94. The molecule has 1 aliphatic heterocycles. The number of hydrogen-bond donors (Lipinski definition) is 2. The maximum absolute atomic E-state index is 10.9. The van der Waals surface area contributed by atoms with E-state index in [1.165, 1.54) is 10.6 Å². The van der Waals surface area contributed by atoms with Gasteiger partial charge in [-0.15, -0.1) is 0 Å². The summed E-state index contributed by atoms with van der Waals surface area (Å²) in [6.07, 6.45) is 2.19. The molecule has 0 unspecified atom stereocenters. The van der Waals surface area contributed by atoms with Gasteiger partial charge in [-0.25, -0.2) is 12.7 Å². The van der Waals surface area contributed by atoms with Crippen LogP contribution >= 0.6 is 0 Å². The molecule has 0 aromatic carbocycles. The van der Waals surface area contributed by atoms with Crippen LogP contribution in [0.3, 0.4) is 0 Å². The molecule has 1 heterocycles. The van der Waals surface area contributed by atoms with Crippen LogP contribution < -0.4 is 11.3 Å². The van der Waals surface area contributed by atoms with Crippen LogP contribution in [0.15, 0.2) is 0 Å². The lowest BCUT2D eigenvalue weighted by Crippen LogP contribution is -2.50. The molecular weight excluding hydrogens is 178 g/mol. The van der Waals surface area contributed by atoms with Crippen molar-refractivity contribution >= 4 is 10.0 Å². The molecular formula is C6H15N3O2S. The molecule has 5 nitrogen and oxygen atoms in total. The Kier molecular flexibility index (Phi) is 3.05. The molecule has 0 bridgehead atoms. The molecule has 6 heteroatoms. The van der Waals surface area contributed by atoms with E-state index in [2.05, 4.69) is 5.43 Å². The standard InChI is InChI=1S/C6H15N3O2S/c1-12(10,11)9-4-6(5-9)2-3-8-7/h6,8H,2-5,7H2,1H3. The molecule has 72 valence electrons. The molecule has 12 heavy (non-hydrogen) atoms. The van der Waals surface area contributed by atoms with Crippen molar-refractivity contribution in [3.05, 3.63) is 0 Å². The molecule has 0 radical (unpaired) electrons. The van der Waals surface area contributed by atoms with Gasteiger partial charge in [0.25, 0.3) is 0 Å². The largest absolute Gasteiger partial charge is 0.271 e. The first-order valence-electron chi connectivity index (χ1n) is 3.92.